The van der Waals surface area contributed by atoms with E-state index in [4.69, 9.17) is 14.2 Å². The maximum absolute atomic E-state index is 12.5. The zero-order chi connectivity index (χ0) is 15.6. The number of benzene rings is 2. The lowest BCUT2D eigenvalue weighted by molar-refractivity contribution is 0.263. The van der Waals surface area contributed by atoms with Crippen molar-refractivity contribution in [3.63, 3.8) is 0 Å². The molecule has 0 aliphatic carbocycles. The molecule has 0 amide bonds. The molecule has 22 heavy (non-hydrogen) atoms. The highest BCUT2D eigenvalue weighted by Gasteiger charge is 2.23. The summed E-state index contributed by atoms with van der Waals surface area (Å²) in [5.74, 6) is 1.24. The van der Waals surface area contributed by atoms with E-state index in [0.29, 0.717) is 18.1 Å². The maximum Gasteiger partial charge on any atom is 0.206 e. The van der Waals surface area contributed by atoms with Crippen molar-refractivity contribution in [2.45, 2.75) is 15.9 Å². The first-order chi connectivity index (χ1) is 10.6. The second kappa shape index (κ2) is 5.98. The van der Waals surface area contributed by atoms with Crippen LogP contribution in [-0.2, 0) is 14.6 Å². The molecule has 1 atom stereocenters. The van der Waals surface area contributed by atoms with Gasteiger partial charge in [-0.15, -0.1) is 0 Å². The second-order valence-electron chi connectivity index (χ2n) is 4.92. The van der Waals surface area contributed by atoms with Crippen LogP contribution in [0.25, 0.3) is 0 Å². The fraction of sp³-hybridized carbons (Fsp3) is 0.250. The molecular weight excluding hydrogens is 304 g/mol. The van der Waals surface area contributed by atoms with Crippen LogP contribution >= 0.6 is 0 Å². The van der Waals surface area contributed by atoms with Gasteiger partial charge in [0.1, 0.15) is 24.2 Å². The average Bonchev–Trinajstić information content (AvgIpc) is 3.38. The Kier molecular flexibility index (Phi) is 4.04. The quantitative estimate of drug-likeness (QED) is 0.764. The smallest absolute Gasteiger partial charge is 0.206 e. The van der Waals surface area contributed by atoms with E-state index in [1.807, 2.05) is 0 Å². The van der Waals surface area contributed by atoms with Gasteiger partial charge in [0.15, 0.2) is 0 Å². The van der Waals surface area contributed by atoms with E-state index in [2.05, 4.69) is 0 Å². The van der Waals surface area contributed by atoms with Gasteiger partial charge in [-0.25, -0.2) is 8.42 Å². The summed E-state index contributed by atoms with van der Waals surface area (Å²) in [7, 11) is -2.00. The standard InChI is InChI=1S/C16H16O5S/c1-19-12-2-6-15(7-3-12)22(17,18)16-8-4-13(5-9-16)20-10-14-11-21-14/h2-9,14H,10-11H2,1H3/t14-/m0/s1. The molecule has 0 spiro atoms. The minimum Gasteiger partial charge on any atom is -0.497 e. The van der Waals surface area contributed by atoms with Gasteiger partial charge in [-0.1, -0.05) is 0 Å². The fourth-order valence-corrected chi connectivity index (χ4v) is 3.22. The highest BCUT2D eigenvalue weighted by Crippen LogP contribution is 2.25. The molecule has 5 nitrogen and oxygen atoms in total. The second-order valence-corrected chi connectivity index (χ2v) is 6.87. The third kappa shape index (κ3) is 3.23. The van der Waals surface area contributed by atoms with Gasteiger partial charge in [0.25, 0.3) is 0 Å². The number of hydrogen-bond acceptors (Lipinski definition) is 5. The first-order valence-corrected chi connectivity index (χ1v) is 8.31. The monoisotopic (exact) mass is 320 g/mol. The normalized spacial score (nSPS) is 17.0. The van der Waals surface area contributed by atoms with Gasteiger partial charge >= 0.3 is 0 Å². The molecule has 0 radical (unpaired) electrons. The van der Waals surface area contributed by atoms with Crippen molar-refractivity contribution in [3.8, 4) is 11.5 Å². The van der Waals surface area contributed by atoms with Crippen LogP contribution in [0.4, 0.5) is 0 Å². The minimum atomic E-state index is -3.54. The van der Waals surface area contributed by atoms with Crippen molar-refractivity contribution >= 4 is 9.84 Å². The van der Waals surface area contributed by atoms with E-state index in [1.165, 1.54) is 19.2 Å². The molecule has 2 aromatic carbocycles. The van der Waals surface area contributed by atoms with Gasteiger partial charge in [-0.05, 0) is 48.5 Å². The molecular formula is C16H16O5S. The summed E-state index contributed by atoms with van der Waals surface area (Å²) in [6.07, 6.45) is 0.169. The number of hydrogen-bond donors (Lipinski definition) is 0. The van der Waals surface area contributed by atoms with E-state index in [0.717, 1.165) is 6.61 Å². The third-order valence-corrected chi connectivity index (χ3v) is 5.13. The van der Waals surface area contributed by atoms with Crippen LogP contribution in [0.2, 0.25) is 0 Å². The number of rotatable bonds is 6. The predicted molar refractivity (Wildman–Crippen MR) is 80.1 cm³/mol. The van der Waals surface area contributed by atoms with Crippen molar-refractivity contribution < 1.29 is 22.6 Å². The number of methoxy groups -OCH3 is 1. The Morgan fingerprint density at radius 3 is 1.95 bits per heavy atom. The molecule has 6 heteroatoms. The van der Waals surface area contributed by atoms with Crippen LogP contribution in [0, 0.1) is 0 Å². The summed E-state index contributed by atoms with van der Waals surface area (Å²) in [4.78, 5) is 0.459. The van der Waals surface area contributed by atoms with Crippen LogP contribution in [0.5, 0.6) is 11.5 Å². The van der Waals surface area contributed by atoms with E-state index in [9.17, 15) is 8.42 Å². The Morgan fingerprint density at radius 2 is 1.50 bits per heavy atom. The lowest BCUT2D eigenvalue weighted by Gasteiger charge is -2.08. The fourth-order valence-electron chi connectivity index (χ4n) is 1.96. The molecule has 1 fully saturated rings. The molecule has 0 aromatic heterocycles. The van der Waals surface area contributed by atoms with Crippen LogP contribution in [-0.4, -0.2) is 34.8 Å². The number of sulfone groups is 1. The molecule has 0 N–H and O–H groups in total. The largest absolute Gasteiger partial charge is 0.497 e. The molecule has 1 aliphatic rings. The van der Waals surface area contributed by atoms with E-state index < -0.39 is 9.84 Å². The summed E-state index contributed by atoms with van der Waals surface area (Å²) >= 11 is 0. The first kappa shape index (κ1) is 14.9. The summed E-state index contributed by atoms with van der Waals surface area (Å²) < 4.78 is 40.6. The van der Waals surface area contributed by atoms with Crippen LogP contribution in [0.15, 0.2) is 58.3 Å². The Hall–Kier alpha value is -2.05. The molecule has 0 bridgehead atoms. The Morgan fingerprint density at radius 1 is 1.00 bits per heavy atom. The summed E-state index contributed by atoms with van der Waals surface area (Å²) in [6, 6.07) is 12.7. The van der Waals surface area contributed by atoms with Gasteiger partial charge in [-0.3, -0.25) is 0 Å². The predicted octanol–water partition coefficient (Wildman–Crippen LogP) is 2.31. The van der Waals surface area contributed by atoms with Crippen molar-refractivity contribution in [2.24, 2.45) is 0 Å². The van der Waals surface area contributed by atoms with E-state index >= 15 is 0 Å². The van der Waals surface area contributed by atoms with Gasteiger partial charge in [0.05, 0.1) is 23.5 Å². The SMILES string of the molecule is COc1ccc(S(=O)(=O)c2ccc(OC[C@H]3CO3)cc2)cc1. The number of ether oxygens (including phenoxy) is 3. The Balaban J connectivity index is 1.78. The number of epoxide rings is 1. The molecule has 3 rings (SSSR count). The lowest BCUT2D eigenvalue weighted by Crippen LogP contribution is -2.05. The lowest BCUT2D eigenvalue weighted by atomic mass is 10.3. The molecule has 0 saturated carbocycles. The first-order valence-electron chi connectivity index (χ1n) is 6.83. The van der Waals surface area contributed by atoms with Crippen molar-refractivity contribution in [2.75, 3.05) is 20.3 Å². The zero-order valence-electron chi connectivity index (χ0n) is 12.1. The average molecular weight is 320 g/mol. The zero-order valence-corrected chi connectivity index (χ0v) is 12.9. The molecule has 0 unspecified atom stereocenters. The Bertz CT molecular complexity index is 731. The van der Waals surface area contributed by atoms with E-state index in [1.54, 1.807) is 36.4 Å². The third-order valence-electron chi connectivity index (χ3n) is 3.34. The van der Waals surface area contributed by atoms with Gasteiger partial charge < -0.3 is 14.2 Å². The summed E-state index contributed by atoms with van der Waals surface area (Å²) in [5.41, 5.74) is 0. The molecule has 1 heterocycles. The van der Waals surface area contributed by atoms with Gasteiger partial charge in [0.2, 0.25) is 9.84 Å². The van der Waals surface area contributed by atoms with Gasteiger partial charge in [-0.2, -0.15) is 0 Å². The van der Waals surface area contributed by atoms with Crippen molar-refractivity contribution in [1.29, 1.82) is 0 Å². The van der Waals surface area contributed by atoms with Crippen molar-refractivity contribution in [1.82, 2.24) is 0 Å². The summed E-state index contributed by atoms with van der Waals surface area (Å²) in [6.45, 7) is 1.22. The molecule has 1 saturated heterocycles. The highest BCUT2D eigenvalue weighted by molar-refractivity contribution is 7.91. The van der Waals surface area contributed by atoms with Gasteiger partial charge in [0, 0.05) is 0 Å². The minimum absolute atomic E-state index is 0.169. The summed E-state index contributed by atoms with van der Waals surface area (Å²) in [5, 5.41) is 0. The van der Waals surface area contributed by atoms with E-state index in [-0.39, 0.29) is 15.9 Å². The maximum atomic E-state index is 12.5. The highest BCUT2D eigenvalue weighted by atomic mass is 32.2. The van der Waals surface area contributed by atoms with Crippen LogP contribution in [0.3, 0.4) is 0 Å². The molecule has 1 aliphatic heterocycles. The van der Waals surface area contributed by atoms with Crippen LogP contribution < -0.4 is 9.47 Å². The molecule has 2 aromatic rings. The van der Waals surface area contributed by atoms with Crippen LogP contribution in [0.1, 0.15) is 0 Å². The Labute approximate surface area is 129 Å². The molecule has 116 valence electrons. The van der Waals surface area contributed by atoms with Crippen molar-refractivity contribution in [3.05, 3.63) is 48.5 Å². The topological polar surface area (TPSA) is 65.1 Å².